The number of fused-ring (bicyclic) bond motifs is 1. The second kappa shape index (κ2) is 7.33. The molecule has 6 nitrogen and oxygen atoms in total. The number of hydrogen-bond acceptors (Lipinski definition) is 4. The van der Waals surface area contributed by atoms with Crippen molar-refractivity contribution in [2.24, 2.45) is 0 Å². The van der Waals surface area contributed by atoms with E-state index in [9.17, 15) is 19.1 Å². The van der Waals surface area contributed by atoms with E-state index in [1.807, 2.05) is 31.2 Å². The van der Waals surface area contributed by atoms with Gasteiger partial charge in [0.05, 0.1) is 11.0 Å². The maximum absolute atomic E-state index is 14.0. The minimum Gasteiger partial charge on any atom is -0.478 e. The summed E-state index contributed by atoms with van der Waals surface area (Å²) in [6, 6.07) is 15.1. The molecule has 1 amide bonds. The number of anilines is 1. The number of amides is 1. The Hall–Kier alpha value is -3.87. The topological polar surface area (TPSA) is 84.9 Å². The van der Waals surface area contributed by atoms with E-state index in [0.717, 1.165) is 22.3 Å². The van der Waals surface area contributed by atoms with Crippen LogP contribution in [0.4, 0.5) is 10.1 Å². The van der Waals surface area contributed by atoms with Crippen LogP contribution in [-0.4, -0.2) is 23.0 Å². The first kappa shape index (κ1) is 21.0. The van der Waals surface area contributed by atoms with Crippen molar-refractivity contribution in [2.75, 3.05) is 5.32 Å². The molecule has 1 aliphatic heterocycles. The number of rotatable bonds is 5. The normalized spacial score (nSPS) is 19.7. The number of aromatic carboxylic acids is 1. The van der Waals surface area contributed by atoms with E-state index >= 15 is 0 Å². The van der Waals surface area contributed by atoms with Gasteiger partial charge in [0.2, 0.25) is 5.91 Å². The van der Waals surface area contributed by atoms with Gasteiger partial charge in [0.15, 0.2) is 11.5 Å². The van der Waals surface area contributed by atoms with Gasteiger partial charge in [0, 0.05) is 12.6 Å². The summed E-state index contributed by atoms with van der Waals surface area (Å²) < 4.78 is 24.3. The average molecular weight is 447 g/mol. The average Bonchev–Trinajstić information content (AvgIpc) is 3.52. The SMILES string of the molecule is Cc1ccc(NC(=O)C2(c3ccc4c(c3)OC(C)(F)O4)CC2)cc1-c1cccc(C(=O)O)c1. The fourth-order valence-corrected chi connectivity index (χ4v) is 4.24. The molecule has 0 saturated heterocycles. The molecule has 1 aliphatic carbocycles. The van der Waals surface area contributed by atoms with Gasteiger partial charge in [-0.25, -0.2) is 4.79 Å². The van der Waals surface area contributed by atoms with Gasteiger partial charge in [0.1, 0.15) is 0 Å². The first-order valence-corrected chi connectivity index (χ1v) is 10.6. The highest BCUT2D eigenvalue weighted by atomic mass is 19.2. The number of carbonyl (C=O) groups is 2. The Morgan fingerprint density at radius 3 is 2.48 bits per heavy atom. The number of alkyl halides is 1. The monoisotopic (exact) mass is 447 g/mol. The molecule has 3 aromatic carbocycles. The summed E-state index contributed by atoms with van der Waals surface area (Å²) >= 11 is 0. The van der Waals surface area contributed by atoms with E-state index in [0.29, 0.717) is 24.3 Å². The fraction of sp³-hybridized carbons (Fsp3) is 0.231. The molecule has 0 radical (unpaired) electrons. The second-order valence-corrected chi connectivity index (χ2v) is 8.65. The lowest BCUT2D eigenvalue weighted by molar-refractivity contribution is -0.173. The molecule has 1 fully saturated rings. The van der Waals surface area contributed by atoms with E-state index in [1.165, 1.54) is 6.92 Å². The lowest BCUT2D eigenvalue weighted by Gasteiger charge is -2.17. The maximum atomic E-state index is 14.0. The summed E-state index contributed by atoms with van der Waals surface area (Å²) in [5.41, 5.74) is 3.42. The summed E-state index contributed by atoms with van der Waals surface area (Å²) in [7, 11) is 0. The van der Waals surface area contributed by atoms with E-state index in [1.54, 1.807) is 36.4 Å². The van der Waals surface area contributed by atoms with Crippen molar-refractivity contribution in [1.29, 1.82) is 0 Å². The number of hydrogen-bond donors (Lipinski definition) is 2. The van der Waals surface area contributed by atoms with Crippen LogP contribution >= 0.6 is 0 Å². The van der Waals surface area contributed by atoms with Crippen LogP contribution in [0.1, 0.15) is 41.3 Å². The van der Waals surface area contributed by atoms with Gasteiger partial charge >= 0.3 is 12.0 Å². The molecule has 0 bridgehead atoms. The van der Waals surface area contributed by atoms with Crippen LogP contribution in [0.3, 0.4) is 0 Å². The van der Waals surface area contributed by atoms with Gasteiger partial charge in [-0.1, -0.05) is 24.3 Å². The Bertz CT molecular complexity index is 1300. The number of carboxylic acids is 1. The third kappa shape index (κ3) is 3.80. The van der Waals surface area contributed by atoms with Gasteiger partial charge in [-0.05, 0) is 78.4 Å². The number of halogens is 1. The summed E-state index contributed by atoms with van der Waals surface area (Å²) in [5, 5.41) is 12.3. The van der Waals surface area contributed by atoms with Gasteiger partial charge < -0.3 is 19.9 Å². The van der Waals surface area contributed by atoms with Crippen LogP contribution in [0.2, 0.25) is 0 Å². The Morgan fingerprint density at radius 1 is 1.00 bits per heavy atom. The summed E-state index contributed by atoms with van der Waals surface area (Å²) in [6.07, 6.45) is 1.34. The van der Waals surface area contributed by atoms with Crippen LogP contribution in [0.15, 0.2) is 60.7 Å². The molecule has 2 N–H and O–H groups in total. The zero-order chi connectivity index (χ0) is 23.4. The van der Waals surface area contributed by atoms with Crippen molar-refractivity contribution in [3.63, 3.8) is 0 Å². The van der Waals surface area contributed by atoms with E-state index in [2.05, 4.69) is 5.32 Å². The molecule has 1 unspecified atom stereocenters. The summed E-state index contributed by atoms with van der Waals surface area (Å²) in [4.78, 5) is 24.6. The zero-order valence-corrected chi connectivity index (χ0v) is 18.1. The minimum absolute atomic E-state index is 0.154. The quantitative estimate of drug-likeness (QED) is 0.544. The van der Waals surface area contributed by atoms with Crippen molar-refractivity contribution in [3.05, 3.63) is 77.4 Å². The maximum Gasteiger partial charge on any atom is 0.404 e. The van der Waals surface area contributed by atoms with Crippen molar-refractivity contribution in [2.45, 2.75) is 38.1 Å². The molecule has 1 heterocycles. The molecule has 1 atom stereocenters. The number of benzene rings is 3. The molecule has 3 aromatic rings. The molecule has 5 rings (SSSR count). The second-order valence-electron chi connectivity index (χ2n) is 8.65. The molecule has 0 spiro atoms. The number of aryl methyl sites for hydroxylation is 1. The Balaban J connectivity index is 1.40. The standard InChI is InChI=1S/C26H22FNO5/c1-15-6-8-19(14-20(15)16-4-3-5-17(12-16)23(29)30)28-24(31)26(10-11-26)18-7-9-21-22(13-18)33-25(2,27)32-21/h3-9,12-14H,10-11H2,1-2H3,(H,28,31)(H,29,30). The van der Waals surface area contributed by atoms with Crippen molar-refractivity contribution < 1.29 is 28.6 Å². The number of carbonyl (C=O) groups excluding carboxylic acids is 1. The first-order valence-electron chi connectivity index (χ1n) is 10.6. The van der Waals surface area contributed by atoms with Crippen molar-refractivity contribution in [3.8, 4) is 22.6 Å². The highest BCUT2D eigenvalue weighted by molar-refractivity contribution is 6.02. The molecule has 168 valence electrons. The first-order chi connectivity index (χ1) is 15.7. The summed E-state index contributed by atoms with van der Waals surface area (Å²) in [5.74, 6) is -0.552. The lowest BCUT2D eigenvalue weighted by atomic mass is 9.94. The number of ether oxygens (including phenoxy) is 2. The van der Waals surface area contributed by atoms with Gasteiger partial charge in [-0.15, -0.1) is 0 Å². The van der Waals surface area contributed by atoms with Gasteiger partial charge in [0.25, 0.3) is 0 Å². The van der Waals surface area contributed by atoms with Crippen LogP contribution in [-0.2, 0) is 10.2 Å². The minimum atomic E-state index is -2.21. The van der Waals surface area contributed by atoms with E-state index in [-0.39, 0.29) is 17.2 Å². The highest BCUT2D eigenvalue weighted by Crippen LogP contribution is 2.52. The molecule has 2 aliphatic rings. The van der Waals surface area contributed by atoms with Crippen LogP contribution < -0.4 is 14.8 Å². The predicted molar refractivity (Wildman–Crippen MR) is 120 cm³/mol. The third-order valence-electron chi connectivity index (χ3n) is 6.18. The smallest absolute Gasteiger partial charge is 0.404 e. The van der Waals surface area contributed by atoms with Crippen LogP contribution in [0.25, 0.3) is 11.1 Å². The molecule has 7 heteroatoms. The molecule has 0 aromatic heterocycles. The number of carboxylic acid groups (broad SMARTS) is 1. The van der Waals surface area contributed by atoms with Crippen molar-refractivity contribution in [1.82, 2.24) is 0 Å². The molecule has 1 saturated carbocycles. The Morgan fingerprint density at radius 2 is 1.76 bits per heavy atom. The van der Waals surface area contributed by atoms with E-state index in [4.69, 9.17) is 9.47 Å². The van der Waals surface area contributed by atoms with Gasteiger partial charge in [-0.2, -0.15) is 4.39 Å². The fourth-order valence-electron chi connectivity index (χ4n) is 4.24. The number of nitrogens with one attached hydrogen (secondary N) is 1. The van der Waals surface area contributed by atoms with Crippen molar-refractivity contribution >= 4 is 17.6 Å². The predicted octanol–water partition coefficient (Wildman–Crippen LogP) is 5.44. The third-order valence-corrected chi connectivity index (χ3v) is 6.18. The van der Waals surface area contributed by atoms with Gasteiger partial charge in [-0.3, -0.25) is 4.79 Å². The van der Waals surface area contributed by atoms with E-state index < -0.39 is 17.4 Å². The Kier molecular flexibility index (Phi) is 4.67. The van der Waals surface area contributed by atoms with Crippen LogP contribution in [0, 0.1) is 6.92 Å². The molecular formula is C26H22FNO5. The highest BCUT2D eigenvalue weighted by Gasteiger charge is 2.52. The Labute approximate surface area is 190 Å². The summed E-state index contributed by atoms with van der Waals surface area (Å²) in [6.45, 7) is 3.12. The lowest BCUT2D eigenvalue weighted by Crippen LogP contribution is -2.28. The zero-order valence-electron chi connectivity index (χ0n) is 18.1. The van der Waals surface area contributed by atoms with Crippen LogP contribution in [0.5, 0.6) is 11.5 Å². The largest absolute Gasteiger partial charge is 0.478 e. The molecule has 33 heavy (non-hydrogen) atoms. The molecular weight excluding hydrogens is 425 g/mol.